The molecule has 1 heterocycles. The van der Waals surface area contributed by atoms with Crippen LogP contribution in [0.3, 0.4) is 0 Å². The summed E-state index contributed by atoms with van der Waals surface area (Å²) in [5.74, 6) is 2.25. The molecule has 114 valence electrons. The summed E-state index contributed by atoms with van der Waals surface area (Å²) in [6.45, 7) is 5.24. The van der Waals surface area contributed by atoms with Gasteiger partial charge in [0.2, 0.25) is 0 Å². The van der Waals surface area contributed by atoms with E-state index >= 15 is 0 Å². The van der Waals surface area contributed by atoms with Gasteiger partial charge >= 0.3 is 0 Å². The number of ether oxygens (including phenoxy) is 1. The van der Waals surface area contributed by atoms with E-state index in [4.69, 9.17) is 4.74 Å². The molecular weight excluding hydrogens is 296 g/mol. The molecule has 1 aromatic carbocycles. The summed E-state index contributed by atoms with van der Waals surface area (Å²) in [5, 5.41) is 3.35. The molecule has 0 bridgehead atoms. The topological polar surface area (TPSA) is 9.23 Å². The highest BCUT2D eigenvalue weighted by Crippen LogP contribution is 2.31. The number of aryl methyl sites for hydroxylation is 1. The molecule has 0 saturated carbocycles. The molecular formula is C18H24OS2. The number of thioether (sulfide) groups is 1. The lowest BCUT2D eigenvalue weighted by atomic mass is 10.1. The van der Waals surface area contributed by atoms with Crippen LogP contribution in [0, 0.1) is 6.92 Å². The Hall–Kier alpha value is -0.930. The second-order valence-corrected chi connectivity index (χ2v) is 7.12. The molecule has 0 amide bonds. The Balaban J connectivity index is 1.64. The van der Waals surface area contributed by atoms with E-state index in [1.54, 1.807) is 11.3 Å². The standard InChI is InChI=1S/C18H24OS2/c1-3-8-17-15(2)13-21-18(17)19-11-7-12-20-14-16-9-5-4-6-10-16/h4-6,9-10,13H,3,7-8,11-12,14H2,1-2H3. The maximum atomic E-state index is 5.97. The molecule has 2 aromatic rings. The van der Waals surface area contributed by atoms with E-state index in [1.807, 2.05) is 11.8 Å². The summed E-state index contributed by atoms with van der Waals surface area (Å²) in [5.41, 5.74) is 4.21. The molecule has 0 aliphatic rings. The van der Waals surface area contributed by atoms with Gasteiger partial charge in [0.25, 0.3) is 0 Å². The van der Waals surface area contributed by atoms with Crippen LogP contribution in [-0.2, 0) is 12.2 Å². The van der Waals surface area contributed by atoms with Crippen LogP contribution in [0.4, 0.5) is 0 Å². The van der Waals surface area contributed by atoms with Crippen LogP contribution < -0.4 is 4.74 Å². The molecule has 0 unspecified atom stereocenters. The number of benzene rings is 1. The Bertz CT molecular complexity index is 519. The zero-order valence-electron chi connectivity index (χ0n) is 12.9. The van der Waals surface area contributed by atoms with Crippen LogP contribution in [0.5, 0.6) is 5.06 Å². The third-order valence-electron chi connectivity index (χ3n) is 3.34. The molecule has 0 radical (unpaired) electrons. The van der Waals surface area contributed by atoms with Gasteiger partial charge in [-0.05, 0) is 42.0 Å². The molecule has 1 aromatic heterocycles. The Morgan fingerprint density at radius 3 is 2.76 bits per heavy atom. The average molecular weight is 321 g/mol. The third-order valence-corrected chi connectivity index (χ3v) is 5.51. The van der Waals surface area contributed by atoms with Crippen molar-refractivity contribution < 1.29 is 4.74 Å². The molecule has 2 rings (SSSR count). The molecule has 0 saturated heterocycles. The Morgan fingerprint density at radius 1 is 1.19 bits per heavy atom. The van der Waals surface area contributed by atoms with Gasteiger partial charge in [0.1, 0.15) is 0 Å². The minimum atomic E-state index is 0.832. The maximum Gasteiger partial charge on any atom is 0.177 e. The van der Waals surface area contributed by atoms with Crippen LogP contribution in [-0.4, -0.2) is 12.4 Å². The van der Waals surface area contributed by atoms with Gasteiger partial charge in [-0.3, -0.25) is 0 Å². The van der Waals surface area contributed by atoms with Gasteiger partial charge in [-0.1, -0.05) is 43.7 Å². The first-order valence-electron chi connectivity index (χ1n) is 7.62. The van der Waals surface area contributed by atoms with Crippen molar-refractivity contribution in [3.8, 4) is 5.06 Å². The Labute approximate surface area is 136 Å². The monoisotopic (exact) mass is 320 g/mol. The van der Waals surface area contributed by atoms with Gasteiger partial charge in [-0.2, -0.15) is 11.8 Å². The molecule has 1 nitrogen and oxygen atoms in total. The van der Waals surface area contributed by atoms with Crippen LogP contribution in [0.25, 0.3) is 0 Å². The van der Waals surface area contributed by atoms with Crippen molar-refractivity contribution in [2.45, 2.75) is 38.9 Å². The second kappa shape index (κ2) is 9.16. The van der Waals surface area contributed by atoms with Gasteiger partial charge in [-0.25, -0.2) is 0 Å². The Morgan fingerprint density at radius 2 is 2.00 bits per heavy atom. The molecule has 0 aliphatic heterocycles. The summed E-state index contributed by atoms with van der Waals surface area (Å²) in [6, 6.07) is 10.7. The van der Waals surface area contributed by atoms with Crippen molar-refractivity contribution in [3.05, 3.63) is 52.4 Å². The zero-order valence-corrected chi connectivity index (χ0v) is 14.6. The van der Waals surface area contributed by atoms with E-state index in [-0.39, 0.29) is 0 Å². The van der Waals surface area contributed by atoms with E-state index in [0.29, 0.717) is 0 Å². The first kappa shape index (κ1) is 16.4. The normalized spacial score (nSPS) is 10.8. The lowest BCUT2D eigenvalue weighted by Gasteiger charge is -2.07. The summed E-state index contributed by atoms with van der Waals surface area (Å²) in [4.78, 5) is 0. The third kappa shape index (κ3) is 5.40. The molecule has 0 fully saturated rings. The molecule has 3 heteroatoms. The van der Waals surface area contributed by atoms with E-state index in [9.17, 15) is 0 Å². The first-order valence-corrected chi connectivity index (χ1v) is 9.66. The minimum absolute atomic E-state index is 0.832. The van der Waals surface area contributed by atoms with Crippen molar-refractivity contribution >= 4 is 23.1 Å². The quantitative estimate of drug-likeness (QED) is 0.547. The molecule has 0 N–H and O–H groups in total. The lowest BCUT2D eigenvalue weighted by Crippen LogP contribution is -2.00. The van der Waals surface area contributed by atoms with Crippen LogP contribution in [0.2, 0.25) is 0 Å². The fraction of sp³-hybridized carbons (Fsp3) is 0.444. The van der Waals surface area contributed by atoms with E-state index in [0.717, 1.165) is 36.0 Å². The van der Waals surface area contributed by atoms with Gasteiger partial charge in [-0.15, -0.1) is 11.3 Å². The summed E-state index contributed by atoms with van der Waals surface area (Å²) >= 11 is 3.73. The number of hydrogen-bond donors (Lipinski definition) is 0. The summed E-state index contributed by atoms with van der Waals surface area (Å²) in [7, 11) is 0. The molecule has 0 atom stereocenters. The van der Waals surface area contributed by atoms with Crippen molar-refractivity contribution in [3.63, 3.8) is 0 Å². The molecule has 0 spiro atoms. The summed E-state index contributed by atoms with van der Waals surface area (Å²) in [6.07, 6.45) is 3.42. The van der Waals surface area contributed by atoms with Crippen molar-refractivity contribution in [2.24, 2.45) is 0 Å². The Kier molecular flexibility index (Phi) is 7.17. The van der Waals surface area contributed by atoms with Crippen LogP contribution in [0.1, 0.15) is 36.5 Å². The summed E-state index contributed by atoms with van der Waals surface area (Å²) < 4.78 is 5.97. The number of hydrogen-bond acceptors (Lipinski definition) is 3. The van der Waals surface area contributed by atoms with Gasteiger partial charge in [0.15, 0.2) is 5.06 Å². The minimum Gasteiger partial charge on any atom is -0.484 e. The zero-order chi connectivity index (χ0) is 14.9. The fourth-order valence-electron chi connectivity index (χ4n) is 2.21. The highest BCUT2D eigenvalue weighted by Gasteiger charge is 2.08. The maximum absolute atomic E-state index is 5.97. The van der Waals surface area contributed by atoms with Crippen LogP contribution >= 0.6 is 23.1 Å². The van der Waals surface area contributed by atoms with Gasteiger partial charge in [0.05, 0.1) is 6.61 Å². The van der Waals surface area contributed by atoms with Crippen molar-refractivity contribution in [1.29, 1.82) is 0 Å². The lowest BCUT2D eigenvalue weighted by molar-refractivity contribution is 0.324. The predicted octanol–water partition coefficient (Wildman–Crippen LogP) is 5.71. The molecule has 0 aliphatic carbocycles. The van der Waals surface area contributed by atoms with Gasteiger partial charge < -0.3 is 4.74 Å². The van der Waals surface area contributed by atoms with E-state index in [2.05, 4.69) is 49.6 Å². The highest BCUT2D eigenvalue weighted by atomic mass is 32.2. The molecule has 21 heavy (non-hydrogen) atoms. The second-order valence-electron chi connectivity index (χ2n) is 5.17. The number of thiophene rings is 1. The SMILES string of the molecule is CCCc1c(C)csc1OCCCSCc1ccccc1. The van der Waals surface area contributed by atoms with Crippen LogP contribution in [0.15, 0.2) is 35.7 Å². The van der Waals surface area contributed by atoms with Gasteiger partial charge in [0, 0.05) is 11.3 Å². The highest BCUT2D eigenvalue weighted by molar-refractivity contribution is 7.98. The van der Waals surface area contributed by atoms with E-state index < -0.39 is 0 Å². The number of rotatable bonds is 9. The van der Waals surface area contributed by atoms with Crippen molar-refractivity contribution in [2.75, 3.05) is 12.4 Å². The van der Waals surface area contributed by atoms with Crippen molar-refractivity contribution in [1.82, 2.24) is 0 Å². The smallest absolute Gasteiger partial charge is 0.177 e. The first-order chi connectivity index (χ1) is 10.3. The average Bonchev–Trinajstić information content (AvgIpc) is 2.85. The predicted molar refractivity (Wildman–Crippen MR) is 95.8 cm³/mol. The van der Waals surface area contributed by atoms with E-state index in [1.165, 1.54) is 23.1 Å². The largest absolute Gasteiger partial charge is 0.484 e. The fourth-order valence-corrected chi connectivity index (χ4v) is 4.08.